The lowest BCUT2D eigenvalue weighted by Gasteiger charge is -2.45. The lowest BCUT2D eigenvalue weighted by molar-refractivity contribution is -0.130. The maximum absolute atomic E-state index is 13.4. The van der Waals surface area contributed by atoms with Gasteiger partial charge in [-0.05, 0) is 17.7 Å². The van der Waals surface area contributed by atoms with Gasteiger partial charge in [-0.15, -0.1) is 0 Å². The number of urea groups is 2. The number of halogens is 2. The van der Waals surface area contributed by atoms with E-state index in [-0.39, 0.29) is 5.56 Å². The maximum Gasteiger partial charge on any atom is 0.325 e. The van der Waals surface area contributed by atoms with E-state index < -0.39 is 47.7 Å². The van der Waals surface area contributed by atoms with Crippen LogP contribution < -0.4 is 16.0 Å². The average molecular weight is 310 g/mol. The Labute approximate surface area is 123 Å². The van der Waals surface area contributed by atoms with Crippen LogP contribution in [0.5, 0.6) is 0 Å². The van der Waals surface area contributed by atoms with E-state index in [2.05, 4.69) is 16.0 Å². The van der Waals surface area contributed by atoms with E-state index in [1.165, 1.54) is 18.0 Å². The van der Waals surface area contributed by atoms with Gasteiger partial charge in [-0.1, -0.05) is 6.07 Å². The van der Waals surface area contributed by atoms with Crippen molar-refractivity contribution in [2.24, 2.45) is 5.92 Å². The molecule has 0 radical (unpaired) electrons. The second-order valence-corrected chi connectivity index (χ2v) is 5.14. The van der Waals surface area contributed by atoms with Crippen LogP contribution in [0.3, 0.4) is 0 Å². The van der Waals surface area contributed by atoms with Crippen molar-refractivity contribution in [3.05, 3.63) is 35.4 Å². The van der Waals surface area contributed by atoms with E-state index in [4.69, 9.17) is 0 Å². The zero-order valence-electron chi connectivity index (χ0n) is 11.4. The van der Waals surface area contributed by atoms with Gasteiger partial charge in [0.25, 0.3) is 0 Å². The first-order valence-electron chi connectivity index (χ1n) is 6.48. The van der Waals surface area contributed by atoms with Crippen molar-refractivity contribution in [2.75, 3.05) is 7.05 Å². The van der Waals surface area contributed by atoms with Crippen LogP contribution in [-0.4, -0.2) is 36.1 Å². The Kier molecular flexibility index (Phi) is 3.19. The van der Waals surface area contributed by atoms with E-state index in [1.807, 2.05) is 0 Å². The van der Waals surface area contributed by atoms with Crippen molar-refractivity contribution in [1.82, 2.24) is 20.9 Å². The molecule has 3 unspecified atom stereocenters. The summed E-state index contributed by atoms with van der Waals surface area (Å²) >= 11 is 0. The van der Waals surface area contributed by atoms with Crippen LogP contribution >= 0.6 is 0 Å². The molecule has 2 heterocycles. The zero-order valence-corrected chi connectivity index (χ0v) is 11.4. The van der Waals surface area contributed by atoms with Crippen LogP contribution in [0.2, 0.25) is 0 Å². The highest BCUT2D eigenvalue weighted by molar-refractivity contribution is 6.00. The second kappa shape index (κ2) is 4.93. The summed E-state index contributed by atoms with van der Waals surface area (Å²) in [5, 5.41) is 7.15. The van der Waals surface area contributed by atoms with Gasteiger partial charge in [-0.3, -0.25) is 10.1 Å². The molecule has 3 N–H and O–H groups in total. The van der Waals surface area contributed by atoms with Gasteiger partial charge in [0, 0.05) is 7.05 Å². The molecule has 1 aromatic rings. The first kappa shape index (κ1) is 14.2. The molecular formula is C13H12F2N4O3. The fourth-order valence-corrected chi connectivity index (χ4v) is 2.71. The summed E-state index contributed by atoms with van der Waals surface area (Å²) in [7, 11) is 1.42. The maximum atomic E-state index is 13.4. The van der Waals surface area contributed by atoms with Gasteiger partial charge in [0.15, 0.2) is 11.6 Å². The van der Waals surface area contributed by atoms with Crippen LogP contribution in [0, 0.1) is 17.6 Å². The quantitative estimate of drug-likeness (QED) is 0.703. The summed E-state index contributed by atoms with van der Waals surface area (Å²) in [5.74, 6) is -3.58. The van der Waals surface area contributed by atoms with Crippen molar-refractivity contribution in [3.8, 4) is 0 Å². The minimum Gasteiger partial charge on any atom is -0.330 e. The Morgan fingerprint density at radius 1 is 1.09 bits per heavy atom. The molecule has 2 aliphatic rings. The number of fused-ring (bicyclic) bond motifs is 1. The SMILES string of the molecule is CN1C(=O)NC(=O)C2C(c3ccc(F)c(F)c3)NC(=O)NC21. The summed E-state index contributed by atoms with van der Waals surface area (Å²) in [6.07, 6.45) is -0.867. The number of imide groups is 1. The Bertz CT molecular complexity index is 681. The van der Waals surface area contributed by atoms with Gasteiger partial charge < -0.3 is 15.5 Å². The number of carbonyl (C=O) groups excluding carboxylic acids is 3. The largest absolute Gasteiger partial charge is 0.330 e. The highest BCUT2D eigenvalue weighted by Crippen LogP contribution is 2.31. The molecule has 5 amide bonds. The van der Waals surface area contributed by atoms with Crippen LogP contribution in [-0.2, 0) is 4.79 Å². The molecule has 3 rings (SSSR count). The Hall–Kier alpha value is -2.71. The average Bonchev–Trinajstić information content (AvgIpc) is 2.46. The Morgan fingerprint density at radius 2 is 1.82 bits per heavy atom. The number of carbonyl (C=O) groups is 3. The zero-order chi connectivity index (χ0) is 16.0. The molecule has 2 saturated heterocycles. The molecule has 3 atom stereocenters. The lowest BCUT2D eigenvalue weighted by Crippen LogP contribution is -2.71. The number of benzene rings is 1. The summed E-state index contributed by atoms with van der Waals surface area (Å²) in [6.45, 7) is 0. The van der Waals surface area contributed by atoms with Crippen molar-refractivity contribution < 1.29 is 23.2 Å². The van der Waals surface area contributed by atoms with E-state index in [9.17, 15) is 23.2 Å². The number of hydrogen-bond acceptors (Lipinski definition) is 3. The van der Waals surface area contributed by atoms with Gasteiger partial charge in [-0.2, -0.15) is 0 Å². The van der Waals surface area contributed by atoms with Crippen LogP contribution in [0.25, 0.3) is 0 Å². The number of nitrogens with zero attached hydrogens (tertiary/aromatic N) is 1. The summed E-state index contributed by atoms with van der Waals surface area (Å²) < 4.78 is 26.5. The molecule has 0 saturated carbocycles. The summed E-state index contributed by atoms with van der Waals surface area (Å²) in [4.78, 5) is 36.7. The number of nitrogens with one attached hydrogen (secondary N) is 3. The van der Waals surface area contributed by atoms with Crippen molar-refractivity contribution in [3.63, 3.8) is 0 Å². The fourth-order valence-electron chi connectivity index (χ4n) is 2.71. The fraction of sp³-hybridized carbons (Fsp3) is 0.308. The molecule has 1 aromatic carbocycles. The standard InChI is InChI=1S/C13H12F2N4O3/c1-19-10-8(11(20)18-13(19)22)9(16-12(21)17-10)5-2-3-6(14)7(15)4-5/h2-4,8-10H,1H3,(H2,16,17,21)(H,18,20,22). The first-order valence-corrected chi connectivity index (χ1v) is 6.48. The third kappa shape index (κ3) is 2.14. The van der Waals surface area contributed by atoms with Gasteiger partial charge in [0.05, 0.1) is 6.04 Å². The molecule has 0 bridgehead atoms. The van der Waals surface area contributed by atoms with Gasteiger partial charge >= 0.3 is 12.1 Å². The topological polar surface area (TPSA) is 90.5 Å². The molecule has 0 aromatic heterocycles. The Balaban J connectivity index is 2.02. The highest BCUT2D eigenvalue weighted by atomic mass is 19.2. The summed E-state index contributed by atoms with van der Waals surface area (Å²) in [6, 6.07) is 0.998. The molecule has 2 aliphatic heterocycles. The van der Waals surface area contributed by atoms with E-state index in [1.54, 1.807) is 0 Å². The highest BCUT2D eigenvalue weighted by Gasteiger charge is 2.48. The minimum atomic E-state index is -1.08. The number of rotatable bonds is 1. The van der Waals surface area contributed by atoms with Crippen molar-refractivity contribution in [2.45, 2.75) is 12.2 Å². The van der Waals surface area contributed by atoms with E-state index in [0.29, 0.717) is 0 Å². The van der Waals surface area contributed by atoms with Crippen molar-refractivity contribution >= 4 is 18.0 Å². The molecule has 22 heavy (non-hydrogen) atoms. The molecule has 116 valence electrons. The van der Waals surface area contributed by atoms with E-state index >= 15 is 0 Å². The molecule has 0 aliphatic carbocycles. The first-order chi connectivity index (χ1) is 10.4. The smallest absolute Gasteiger partial charge is 0.325 e. The predicted molar refractivity (Wildman–Crippen MR) is 69.3 cm³/mol. The molecule has 0 spiro atoms. The molecule has 7 nitrogen and oxygen atoms in total. The Morgan fingerprint density at radius 3 is 2.50 bits per heavy atom. The normalized spacial score (nSPS) is 27.7. The predicted octanol–water partition coefficient (Wildman–Crippen LogP) is 0.443. The summed E-state index contributed by atoms with van der Waals surface area (Å²) in [5.41, 5.74) is 0.238. The number of hydrogen-bond donors (Lipinski definition) is 3. The van der Waals surface area contributed by atoms with Crippen LogP contribution in [0.15, 0.2) is 18.2 Å². The lowest BCUT2D eigenvalue weighted by atomic mass is 9.86. The van der Waals surface area contributed by atoms with Crippen LogP contribution in [0.4, 0.5) is 18.4 Å². The molecular weight excluding hydrogens is 298 g/mol. The number of amides is 5. The third-order valence-corrected chi connectivity index (χ3v) is 3.84. The monoisotopic (exact) mass is 310 g/mol. The van der Waals surface area contributed by atoms with Gasteiger partial charge in [0.1, 0.15) is 12.1 Å². The third-order valence-electron chi connectivity index (χ3n) is 3.84. The van der Waals surface area contributed by atoms with E-state index in [0.717, 1.165) is 12.1 Å². The molecule has 9 heteroatoms. The van der Waals surface area contributed by atoms with Crippen LogP contribution in [0.1, 0.15) is 11.6 Å². The van der Waals surface area contributed by atoms with Gasteiger partial charge in [-0.25, -0.2) is 18.4 Å². The second-order valence-electron chi connectivity index (χ2n) is 5.14. The van der Waals surface area contributed by atoms with Crippen molar-refractivity contribution in [1.29, 1.82) is 0 Å². The molecule has 2 fully saturated rings. The minimum absolute atomic E-state index is 0.238. The van der Waals surface area contributed by atoms with Gasteiger partial charge in [0.2, 0.25) is 5.91 Å².